The van der Waals surface area contributed by atoms with Crippen molar-refractivity contribution < 1.29 is 31.8 Å². The van der Waals surface area contributed by atoms with Crippen LogP contribution < -0.4 is 9.47 Å². The molecule has 2 aliphatic rings. The first-order chi connectivity index (χ1) is 18.7. The zero-order valence-electron chi connectivity index (χ0n) is 22.5. The number of hydrogen-bond donors (Lipinski definition) is 0. The summed E-state index contributed by atoms with van der Waals surface area (Å²) >= 11 is 0. The molecule has 2 aliphatic heterocycles. The molecule has 2 aromatic carbocycles. The minimum atomic E-state index is -3.99. The Balaban J connectivity index is 1.44. The highest BCUT2D eigenvalue weighted by atomic mass is 32.2. The van der Waals surface area contributed by atoms with Gasteiger partial charge in [-0.3, -0.25) is 4.79 Å². The smallest absolute Gasteiger partial charge is 0.244 e. The summed E-state index contributed by atoms with van der Waals surface area (Å²) in [5.74, 6) is 1.53. The van der Waals surface area contributed by atoms with Gasteiger partial charge < -0.3 is 23.5 Å². The molecule has 0 bridgehead atoms. The first-order valence-electron chi connectivity index (χ1n) is 13.1. The Bertz CT molecular complexity index is 1410. The average Bonchev–Trinajstić information content (AvgIpc) is 3.65. The number of rotatable bonds is 10. The Kier molecular flexibility index (Phi) is 7.97. The molecule has 1 amide bonds. The lowest BCUT2D eigenvalue weighted by molar-refractivity contribution is -0.133. The van der Waals surface area contributed by atoms with E-state index in [9.17, 15) is 13.2 Å². The fraction of sp³-hybridized carbons (Fsp3) is 0.414. The Morgan fingerprint density at radius 1 is 1.00 bits per heavy atom. The van der Waals surface area contributed by atoms with Crippen LogP contribution in [0.4, 0.5) is 0 Å². The molecule has 0 saturated carbocycles. The van der Waals surface area contributed by atoms with E-state index in [0.717, 1.165) is 24.0 Å². The van der Waals surface area contributed by atoms with Crippen LogP contribution in [0.5, 0.6) is 11.5 Å². The normalized spacial score (nSPS) is 16.7. The van der Waals surface area contributed by atoms with Gasteiger partial charge in [0.2, 0.25) is 22.7 Å². The molecule has 1 unspecified atom stereocenters. The molecule has 1 saturated heterocycles. The monoisotopic (exact) mass is 554 g/mol. The molecule has 9 nitrogen and oxygen atoms in total. The number of aryl methyl sites for hydroxylation is 3. The van der Waals surface area contributed by atoms with Gasteiger partial charge in [0.1, 0.15) is 5.76 Å². The van der Waals surface area contributed by atoms with E-state index in [1.54, 1.807) is 37.1 Å². The van der Waals surface area contributed by atoms with Crippen LogP contribution in [0.25, 0.3) is 0 Å². The lowest BCUT2D eigenvalue weighted by Gasteiger charge is -2.29. The summed E-state index contributed by atoms with van der Waals surface area (Å²) in [4.78, 5) is 15.7. The number of hydrogen-bond acceptors (Lipinski definition) is 7. The van der Waals surface area contributed by atoms with Crippen LogP contribution in [-0.2, 0) is 32.6 Å². The van der Waals surface area contributed by atoms with Crippen LogP contribution >= 0.6 is 0 Å². The third-order valence-electron chi connectivity index (χ3n) is 7.04. The predicted molar refractivity (Wildman–Crippen MR) is 144 cm³/mol. The van der Waals surface area contributed by atoms with Gasteiger partial charge in [-0.15, -0.1) is 0 Å². The number of nitrogens with zero attached hydrogens (tertiary/aromatic N) is 2. The Morgan fingerprint density at radius 3 is 2.46 bits per heavy atom. The summed E-state index contributed by atoms with van der Waals surface area (Å²) in [6.07, 6.45) is 2.91. The molecule has 0 spiro atoms. The molecule has 1 atom stereocenters. The van der Waals surface area contributed by atoms with Gasteiger partial charge in [-0.05, 0) is 74.6 Å². The van der Waals surface area contributed by atoms with E-state index in [4.69, 9.17) is 18.6 Å². The average molecular weight is 555 g/mol. The fourth-order valence-corrected chi connectivity index (χ4v) is 7.13. The van der Waals surface area contributed by atoms with Gasteiger partial charge in [0.25, 0.3) is 0 Å². The minimum absolute atomic E-state index is 0.111. The van der Waals surface area contributed by atoms with E-state index in [2.05, 4.69) is 0 Å². The third kappa shape index (κ3) is 6.13. The minimum Gasteiger partial charge on any atom is -0.467 e. The van der Waals surface area contributed by atoms with Crippen molar-refractivity contribution in [1.29, 1.82) is 0 Å². The summed E-state index contributed by atoms with van der Waals surface area (Å²) in [6, 6.07) is 12.8. The number of carbonyl (C=O) groups excluding carboxylic acids is 1. The number of fused-ring (bicyclic) bond motifs is 1. The number of sulfonamides is 1. The van der Waals surface area contributed by atoms with Crippen LogP contribution in [0.3, 0.4) is 0 Å². The van der Waals surface area contributed by atoms with Gasteiger partial charge in [-0.1, -0.05) is 23.8 Å². The summed E-state index contributed by atoms with van der Waals surface area (Å²) in [7, 11) is -3.99. The first kappa shape index (κ1) is 27.2. The molecule has 39 heavy (non-hydrogen) atoms. The molecule has 5 rings (SSSR count). The number of carbonyl (C=O) groups is 1. The molecule has 1 fully saturated rings. The van der Waals surface area contributed by atoms with Crippen molar-refractivity contribution in [1.82, 2.24) is 9.21 Å². The molecule has 0 radical (unpaired) electrons. The summed E-state index contributed by atoms with van der Waals surface area (Å²) in [5.41, 5.74) is 3.13. The van der Waals surface area contributed by atoms with Crippen LogP contribution in [0.15, 0.2) is 58.0 Å². The summed E-state index contributed by atoms with van der Waals surface area (Å²) < 4.78 is 51.7. The topological polar surface area (TPSA) is 98.5 Å². The van der Waals surface area contributed by atoms with Gasteiger partial charge >= 0.3 is 0 Å². The van der Waals surface area contributed by atoms with Gasteiger partial charge in [-0.25, -0.2) is 8.42 Å². The van der Waals surface area contributed by atoms with Crippen molar-refractivity contribution >= 4 is 15.9 Å². The van der Waals surface area contributed by atoms with Crippen molar-refractivity contribution in [2.24, 2.45) is 0 Å². The van der Waals surface area contributed by atoms with Gasteiger partial charge in [0.05, 0.1) is 30.4 Å². The fourth-order valence-electron chi connectivity index (χ4n) is 5.30. The zero-order valence-corrected chi connectivity index (χ0v) is 23.3. The van der Waals surface area contributed by atoms with Gasteiger partial charge in [0, 0.05) is 19.7 Å². The van der Waals surface area contributed by atoms with Crippen LogP contribution in [0.2, 0.25) is 0 Å². The molecule has 0 aliphatic carbocycles. The van der Waals surface area contributed by atoms with Gasteiger partial charge in [0.15, 0.2) is 11.5 Å². The lowest BCUT2D eigenvalue weighted by Crippen LogP contribution is -2.45. The van der Waals surface area contributed by atoms with Crippen molar-refractivity contribution in [2.45, 2.75) is 57.7 Å². The second-order valence-electron chi connectivity index (χ2n) is 10.2. The first-order valence-corrected chi connectivity index (χ1v) is 14.5. The Hall–Kier alpha value is -3.34. The number of benzene rings is 2. The van der Waals surface area contributed by atoms with E-state index >= 15 is 0 Å². The number of ether oxygens (including phenoxy) is 3. The molecule has 3 aromatic rings. The van der Waals surface area contributed by atoms with Crippen molar-refractivity contribution in [2.75, 3.05) is 26.5 Å². The number of amides is 1. The zero-order chi connectivity index (χ0) is 27.6. The standard InChI is InChI=1S/C29H34N2O7S/c1-20-12-21(2)29(22(3)13-20)39(33,34)31(17-25-7-5-11-36-25)18-28(32)30(16-24-6-4-10-35-24)15-23-8-9-26-27(14-23)38-19-37-26/h4,6,8-10,12-14,25H,5,7,11,15-19H2,1-3H3. The van der Waals surface area contributed by atoms with Crippen molar-refractivity contribution in [3.8, 4) is 11.5 Å². The van der Waals surface area contributed by atoms with E-state index in [-0.39, 0.29) is 49.9 Å². The maximum atomic E-state index is 14.1. The molecule has 10 heteroatoms. The maximum absolute atomic E-state index is 14.1. The molecule has 0 N–H and O–H groups in total. The second kappa shape index (κ2) is 11.4. The highest BCUT2D eigenvalue weighted by Gasteiger charge is 2.34. The highest BCUT2D eigenvalue weighted by Crippen LogP contribution is 2.33. The van der Waals surface area contributed by atoms with E-state index in [1.807, 2.05) is 37.3 Å². The largest absolute Gasteiger partial charge is 0.467 e. The van der Waals surface area contributed by atoms with Crippen LogP contribution in [0, 0.1) is 20.8 Å². The molecular formula is C29H34N2O7S. The summed E-state index contributed by atoms with van der Waals surface area (Å²) in [5, 5.41) is 0. The summed E-state index contributed by atoms with van der Waals surface area (Å²) in [6.45, 7) is 6.49. The molecule has 208 valence electrons. The van der Waals surface area contributed by atoms with Crippen LogP contribution in [0.1, 0.15) is 40.9 Å². The lowest BCUT2D eigenvalue weighted by atomic mass is 10.1. The van der Waals surface area contributed by atoms with Gasteiger partial charge in [-0.2, -0.15) is 4.31 Å². The maximum Gasteiger partial charge on any atom is 0.244 e. The van der Waals surface area contributed by atoms with Crippen LogP contribution in [-0.4, -0.2) is 56.1 Å². The molecular weight excluding hydrogens is 520 g/mol. The predicted octanol–water partition coefficient (Wildman–Crippen LogP) is 4.33. The number of furan rings is 1. The van der Waals surface area contributed by atoms with Crippen molar-refractivity contribution in [3.05, 3.63) is 76.7 Å². The van der Waals surface area contributed by atoms with E-state index in [1.165, 1.54) is 4.31 Å². The quantitative estimate of drug-likeness (QED) is 0.368. The van der Waals surface area contributed by atoms with Crippen molar-refractivity contribution in [3.63, 3.8) is 0 Å². The Labute approximate surface area is 229 Å². The third-order valence-corrected chi connectivity index (χ3v) is 9.15. The highest BCUT2D eigenvalue weighted by molar-refractivity contribution is 7.89. The van der Waals surface area contributed by atoms with E-state index in [0.29, 0.717) is 35.0 Å². The second-order valence-corrected chi connectivity index (χ2v) is 12.1. The molecule has 3 heterocycles. The Morgan fingerprint density at radius 2 is 1.77 bits per heavy atom. The SMILES string of the molecule is Cc1cc(C)c(S(=O)(=O)N(CC(=O)N(Cc2ccc3c(c2)OCO3)Cc2ccco2)CC2CCCO2)c(C)c1. The molecule has 1 aromatic heterocycles. The van der Waals surface area contributed by atoms with E-state index < -0.39 is 10.0 Å².